The number of carbonyl (C=O) groups is 1. The summed E-state index contributed by atoms with van der Waals surface area (Å²) in [5, 5.41) is 0. The Labute approximate surface area is 99.6 Å². The molecule has 2 aliphatic carbocycles. The van der Waals surface area contributed by atoms with Gasteiger partial charge in [-0.05, 0) is 31.6 Å². The normalized spacial score (nSPS) is 32.4. The van der Waals surface area contributed by atoms with Crippen molar-refractivity contribution in [1.82, 2.24) is 0 Å². The first-order chi connectivity index (χ1) is 7.09. The van der Waals surface area contributed by atoms with Gasteiger partial charge in [-0.25, -0.2) is 0 Å². The van der Waals surface area contributed by atoms with Gasteiger partial charge >= 0.3 is 5.97 Å². The van der Waals surface area contributed by atoms with Crippen LogP contribution in [-0.4, -0.2) is 16.9 Å². The van der Waals surface area contributed by atoms with Crippen molar-refractivity contribution < 1.29 is 9.53 Å². The molecule has 1 fully saturated rings. The molecule has 0 aliphatic heterocycles. The van der Waals surface area contributed by atoms with Crippen LogP contribution in [0.15, 0.2) is 12.2 Å². The van der Waals surface area contributed by atoms with Crippen molar-refractivity contribution in [3.05, 3.63) is 12.2 Å². The highest BCUT2D eigenvalue weighted by Crippen LogP contribution is 2.53. The molecule has 0 heterocycles. The van der Waals surface area contributed by atoms with Crippen LogP contribution in [0.4, 0.5) is 0 Å². The maximum Gasteiger partial charge on any atom is 0.312 e. The van der Waals surface area contributed by atoms with Crippen LogP contribution in [0.5, 0.6) is 0 Å². The number of alkyl halides is 2. The summed E-state index contributed by atoms with van der Waals surface area (Å²) in [4.78, 5) is 11.5. The van der Waals surface area contributed by atoms with E-state index in [-0.39, 0.29) is 11.9 Å². The third-order valence-corrected chi connectivity index (χ3v) is 3.78. The Hall–Kier alpha value is -0.210. The minimum Gasteiger partial charge on any atom is -0.465 e. The van der Waals surface area contributed by atoms with Crippen molar-refractivity contribution in [1.29, 1.82) is 0 Å². The lowest BCUT2D eigenvalue weighted by atomic mass is 9.95. The Morgan fingerprint density at radius 2 is 2.20 bits per heavy atom. The average Bonchev–Trinajstić information content (AvgIpc) is 2.86. The molecule has 2 nitrogen and oxygen atoms in total. The maximum absolute atomic E-state index is 11.5. The van der Waals surface area contributed by atoms with Gasteiger partial charge in [-0.15, -0.1) is 23.2 Å². The van der Waals surface area contributed by atoms with Gasteiger partial charge in [-0.2, -0.15) is 0 Å². The minimum absolute atomic E-state index is 0.241. The van der Waals surface area contributed by atoms with E-state index in [2.05, 4.69) is 12.2 Å². The maximum atomic E-state index is 11.5. The Bertz CT molecular complexity index is 286. The molecule has 2 aliphatic rings. The van der Waals surface area contributed by atoms with E-state index in [1.54, 1.807) is 0 Å². The molecular formula is C11H14Cl2O2. The van der Waals surface area contributed by atoms with Crippen molar-refractivity contribution >= 4 is 29.2 Å². The highest BCUT2D eigenvalue weighted by molar-refractivity contribution is 6.52. The van der Waals surface area contributed by atoms with E-state index in [9.17, 15) is 4.79 Å². The zero-order valence-corrected chi connectivity index (χ0v) is 9.93. The van der Waals surface area contributed by atoms with E-state index < -0.39 is 4.33 Å². The molecule has 0 aromatic rings. The number of hydrogen-bond donors (Lipinski definition) is 0. The van der Waals surface area contributed by atoms with Crippen LogP contribution in [-0.2, 0) is 9.53 Å². The Balaban J connectivity index is 1.70. The van der Waals surface area contributed by atoms with Crippen LogP contribution in [0.3, 0.4) is 0 Å². The monoisotopic (exact) mass is 248 g/mol. The molecule has 0 N–H and O–H groups in total. The van der Waals surface area contributed by atoms with E-state index in [0.717, 1.165) is 19.3 Å². The van der Waals surface area contributed by atoms with Gasteiger partial charge in [0.1, 0.15) is 4.33 Å². The molecule has 2 rings (SSSR count). The molecule has 4 heteroatoms. The van der Waals surface area contributed by atoms with Gasteiger partial charge in [0.2, 0.25) is 0 Å². The topological polar surface area (TPSA) is 26.3 Å². The fourth-order valence-electron chi connectivity index (χ4n) is 1.78. The predicted molar refractivity (Wildman–Crippen MR) is 60.0 cm³/mol. The van der Waals surface area contributed by atoms with E-state index in [4.69, 9.17) is 27.9 Å². The van der Waals surface area contributed by atoms with Gasteiger partial charge < -0.3 is 4.74 Å². The molecular weight excluding hydrogens is 235 g/mol. The lowest BCUT2D eigenvalue weighted by molar-refractivity contribution is -0.146. The Morgan fingerprint density at radius 1 is 1.47 bits per heavy atom. The van der Waals surface area contributed by atoms with Crippen molar-refractivity contribution in [3.8, 4) is 0 Å². The Morgan fingerprint density at radius 3 is 2.73 bits per heavy atom. The summed E-state index contributed by atoms with van der Waals surface area (Å²) < 4.78 is 4.34. The second-order valence-corrected chi connectivity index (χ2v) is 5.84. The summed E-state index contributed by atoms with van der Waals surface area (Å²) in [6.07, 6.45) is 8.03. The quantitative estimate of drug-likeness (QED) is 0.436. The summed E-state index contributed by atoms with van der Waals surface area (Å²) in [6, 6.07) is 0. The van der Waals surface area contributed by atoms with Crippen molar-refractivity contribution in [2.45, 2.75) is 30.0 Å². The summed E-state index contributed by atoms with van der Waals surface area (Å²) in [5.74, 6) is -0.0766. The molecule has 2 unspecified atom stereocenters. The van der Waals surface area contributed by atoms with Crippen molar-refractivity contribution in [2.24, 2.45) is 11.8 Å². The van der Waals surface area contributed by atoms with Crippen LogP contribution < -0.4 is 0 Å². The minimum atomic E-state index is -0.858. The SMILES string of the molecule is O=C(OCC1CC=CCC1)C1CC1(Cl)Cl. The highest BCUT2D eigenvalue weighted by atomic mass is 35.5. The van der Waals surface area contributed by atoms with E-state index in [1.165, 1.54) is 0 Å². The fourth-order valence-corrected chi connectivity index (χ4v) is 2.26. The number of esters is 1. The summed E-state index contributed by atoms with van der Waals surface area (Å²) in [7, 11) is 0. The molecule has 0 aromatic heterocycles. The van der Waals surface area contributed by atoms with Gasteiger partial charge in [0.25, 0.3) is 0 Å². The van der Waals surface area contributed by atoms with Gasteiger partial charge in [-0.3, -0.25) is 4.79 Å². The first-order valence-electron chi connectivity index (χ1n) is 5.29. The summed E-state index contributed by atoms with van der Waals surface area (Å²) in [6.45, 7) is 0.504. The van der Waals surface area contributed by atoms with Gasteiger partial charge in [0.15, 0.2) is 0 Å². The first-order valence-corrected chi connectivity index (χ1v) is 6.04. The molecule has 84 valence electrons. The number of hydrogen-bond acceptors (Lipinski definition) is 2. The second-order valence-electron chi connectivity index (χ2n) is 4.30. The molecule has 0 spiro atoms. The van der Waals surface area contributed by atoms with Gasteiger partial charge in [-0.1, -0.05) is 12.2 Å². The summed E-state index contributed by atoms with van der Waals surface area (Å²) >= 11 is 11.6. The van der Waals surface area contributed by atoms with Crippen LogP contribution in [0.25, 0.3) is 0 Å². The molecule has 0 aromatic carbocycles. The van der Waals surface area contributed by atoms with Crippen LogP contribution in [0, 0.1) is 11.8 Å². The lowest BCUT2D eigenvalue weighted by Gasteiger charge is -2.17. The molecule has 0 saturated heterocycles. The average molecular weight is 249 g/mol. The van der Waals surface area contributed by atoms with E-state index in [1.807, 2.05) is 0 Å². The van der Waals surface area contributed by atoms with Crippen LogP contribution in [0.2, 0.25) is 0 Å². The van der Waals surface area contributed by atoms with Gasteiger partial charge in [0.05, 0.1) is 12.5 Å². The zero-order valence-electron chi connectivity index (χ0n) is 8.42. The van der Waals surface area contributed by atoms with Crippen molar-refractivity contribution in [2.75, 3.05) is 6.61 Å². The number of ether oxygens (including phenoxy) is 1. The first kappa shape index (κ1) is 11.3. The molecule has 1 saturated carbocycles. The molecule has 0 radical (unpaired) electrons. The smallest absolute Gasteiger partial charge is 0.312 e. The second kappa shape index (κ2) is 4.34. The standard InChI is InChI=1S/C11H14Cl2O2/c12-11(13)6-9(11)10(14)15-7-8-4-2-1-3-5-8/h1-2,8-9H,3-7H2. The lowest BCUT2D eigenvalue weighted by Crippen LogP contribution is -2.17. The Kier molecular flexibility index (Phi) is 3.27. The summed E-state index contributed by atoms with van der Waals surface area (Å²) in [5.41, 5.74) is 0. The highest BCUT2D eigenvalue weighted by Gasteiger charge is 2.57. The fraction of sp³-hybridized carbons (Fsp3) is 0.727. The van der Waals surface area contributed by atoms with E-state index >= 15 is 0 Å². The van der Waals surface area contributed by atoms with Crippen LogP contribution in [0.1, 0.15) is 25.7 Å². The van der Waals surface area contributed by atoms with Crippen molar-refractivity contribution in [3.63, 3.8) is 0 Å². The largest absolute Gasteiger partial charge is 0.465 e. The molecule has 0 amide bonds. The number of rotatable bonds is 3. The molecule has 0 bridgehead atoms. The zero-order chi connectivity index (χ0) is 10.9. The number of halogens is 2. The molecule has 2 atom stereocenters. The predicted octanol–water partition coefficient (Wildman–Crippen LogP) is 3.08. The third-order valence-electron chi connectivity index (χ3n) is 2.95. The number of allylic oxidation sites excluding steroid dienone is 2. The van der Waals surface area contributed by atoms with Crippen LogP contribution >= 0.6 is 23.2 Å². The van der Waals surface area contributed by atoms with E-state index in [0.29, 0.717) is 18.9 Å². The number of carbonyl (C=O) groups excluding carboxylic acids is 1. The van der Waals surface area contributed by atoms with Gasteiger partial charge in [0, 0.05) is 0 Å². The third kappa shape index (κ3) is 2.88. The molecule has 15 heavy (non-hydrogen) atoms.